The normalized spacial score (nSPS) is 13.9. The van der Waals surface area contributed by atoms with Crippen LogP contribution in [0.15, 0.2) is 97.2 Å². The van der Waals surface area contributed by atoms with Crippen LogP contribution in [0.3, 0.4) is 0 Å². The van der Waals surface area contributed by atoms with Gasteiger partial charge >= 0.3 is 0 Å². The molecule has 4 nitrogen and oxygen atoms in total. The molecule has 1 saturated carbocycles. The summed E-state index contributed by atoms with van der Waals surface area (Å²) in [5.74, 6) is 0.273. The van der Waals surface area contributed by atoms with Crippen molar-refractivity contribution < 1.29 is 9.18 Å². The molecule has 1 aliphatic carbocycles. The molecule has 32 heavy (non-hydrogen) atoms. The van der Waals surface area contributed by atoms with Crippen molar-refractivity contribution >= 4 is 17.4 Å². The number of anilines is 2. The van der Waals surface area contributed by atoms with Crippen molar-refractivity contribution in [3.8, 4) is 11.1 Å². The van der Waals surface area contributed by atoms with E-state index in [-0.39, 0.29) is 17.3 Å². The van der Waals surface area contributed by atoms with E-state index in [1.807, 2.05) is 60.7 Å². The Morgan fingerprint density at radius 2 is 1.66 bits per heavy atom. The highest BCUT2D eigenvalue weighted by Crippen LogP contribution is 2.45. The van der Waals surface area contributed by atoms with E-state index in [0.29, 0.717) is 11.4 Å². The molecule has 0 aliphatic heterocycles. The first-order valence-corrected chi connectivity index (χ1v) is 10.6. The van der Waals surface area contributed by atoms with Crippen LogP contribution >= 0.6 is 0 Å². The molecule has 0 spiro atoms. The van der Waals surface area contributed by atoms with Crippen LogP contribution in [0.25, 0.3) is 11.1 Å². The molecule has 0 radical (unpaired) electrons. The lowest BCUT2D eigenvalue weighted by molar-refractivity contribution is 0.0931. The number of aromatic nitrogens is 1. The number of carbonyl (C=O) groups is 1. The molecule has 0 saturated heterocycles. The molecule has 1 aliphatic rings. The predicted molar refractivity (Wildman–Crippen MR) is 124 cm³/mol. The van der Waals surface area contributed by atoms with Crippen LogP contribution in [-0.4, -0.2) is 10.9 Å². The number of hydrogen-bond acceptors (Lipinski definition) is 3. The highest BCUT2D eigenvalue weighted by Gasteiger charge is 2.45. The van der Waals surface area contributed by atoms with Gasteiger partial charge in [-0.3, -0.25) is 4.79 Å². The number of pyridine rings is 1. The fourth-order valence-corrected chi connectivity index (χ4v) is 3.85. The van der Waals surface area contributed by atoms with Crippen LogP contribution in [-0.2, 0) is 5.54 Å². The molecular weight excluding hydrogens is 401 g/mol. The Morgan fingerprint density at radius 3 is 2.38 bits per heavy atom. The number of nitrogens with zero attached hydrogens (tertiary/aromatic N) is 1. The van der Waals surface area contributed by atoms with Crippen LogP contribution in [0.1, 0.15) is 28.8 Å². The molecule has 0 bridgehead atoms. The second-order valence-electron chi connectivity index (χ2n) is 8.05. The minimum absolute atomic E-state index is 0.0931. The van der Waals surface area contributed by atoms with Gasteiger partial charge in [0.25, 0.3) is 5.91 Å². The van der Waals surface area contributed by atoms with Gasteiger partial charge in [0.15, 0.2) is 0 Å². The maximum atomic E-state index is 13.5. The van der Waals surface area contributed by atoms with Crippen molar-refractivity contribution in [3.05, 3.63) is 114 Å². The quantitative estimate of drug-likeness (QED) is 0.397. The largest absolute Gasteiger partial charge is 0.343 e. The number of halogens is 1. The standard InChI is InChI=1S/C27H22FN3O/c28-23-10-4-6-19(16-23)21-12-13-25(29-18-21)30-24-11-5-7-20(17-24)26(32)31-27(14-15-27)22-8-2-1-3-9-22/h1-13,16-18H,14-15H2,(H,29,30)(H,31,32). The second kappa shape index (κ2) is 8.27. The number of carbonyl (C=O) groups excluding carboxylic acids is 1. The Hall–Kier alpha value is -3.99. The Bertz CT molecular complexity index is 1250. The van der Waals surface area contributed by atoms with Crippen LogP contribution in [0.5, 0.6) is 0 Å². The van der Waals surface area contributed by atoms with Crippen LogP contribution < -0.4 is 10.6 Å². The van der Waals surface area contributed by atoms with Gasteiger partial charge in [-0.25, -0.2) is 9.37 Å². The summed E-state index contributed by atoms with van der Waals surface area (Å²) in [4.78, 5) is 17.4. The summed E-state index contributed by atoms with van der Waals surface area (Å²) in [6.07, 6.45) is 3.59. The summed E-state index contributed by atoms with van der Waals surface area (Å²) < 4.78 is 13.5. The maximum absolute atomic E-state index is 13.5. The van der Waals surface area contributed by atoms with Crippen LogP contribution in [0.4, 0.5) is 15.9 Å². The zero-order valence-electron chi connectivity index (χ0n) is 17.4. The summed E-state index contributed by atoms with van der Waals surface area (Å²) >= 11 is 0. The molecule has 0 unspecified atom stereocenters. The zero-order chi connectivity index (χ0) is 22.0. The summed E-state index contributed by atoms with van der Waals surface area (Å²) in [5, 5.41) is 6.44. The Kier molecular flexibility index (Phi) is 5.15. The van der Waals surface area contributed by atoms with E-state index in [4.69, 9.17) is 0 Å². The summed E-state index contributed by atoms with van der Waals surface area (Å²) in [7, 11) is 0. The lowest BCUT2D eigenvalue weighted by Crippen LogP contribution is -2.34. The van der Waals surface area contributed by atoms with E-state index in [1.54, 1.807) is 12.3 Å². The number of amides is 1. The molecule has 5 heteroatoms. The van der Waals surface area contributed by atoms with E-state index in [1.165, 1.54) is 12.1 Å². The Labute approximate surface area is 186 Å². The lowest BCUT2D eigenvalue weighted by Gasteiger charge is -2.18. The molecule has 4 aromatic rings. The van der Waals surface area contributed by atoms with Gasteiger partial charge in [0.05, 0.1) is 5.54 Å². The van der Waals surface area contributed by atoms with Crippen molar-refractivity contribution in [1.82, 2.24) is 10.3 Å². The summed E-state index contributed by atoms with van der Waals surface area (Å²) in [6.45, 7) is 0. The predicted octanol–water partition coefficient (Wildman–Crippen LogP) is 6.05. The zero-order valence-corrected chi connectivity index (χ0v) is 17.4. The first kappa shape index (κ1) is 19.9. The van der Waals surface area contributed by atoms with Gasteiger partial charge in [-0.05, 0) is 66.4 Å². The first-order valence-electron chi connectivity index (χ1n) is 10.6. The Balaban J connectivity index is 1.29. The molecular formula is C27H22FN3O. The van der Waals surface area contributed by atoms with Crippen molar-refractivity contribution in [2.45, 2.75) is 18.4 Å². The van der Waals surface area contributed by atoms with E-state index in [0.717, 1.165) is 35.2 Å². The number of hydrogen-bond donors (Lipinski definition) is 2. The average molecular weight is 423 g/mol. The maximum Gasteiger partial charge on any atom is 0.252 e. The number of nitrogens with one attached hydrogen (secondary N) is 2. The molecule has 5 rings (SSSR count). The van der Waals surface area contributed by atoms with Gasteiger partial charge in [0.1, 0.15) is 11.6 Å². The van der Waals surface area contributed by atoms with Gasteiger partial charge < -0.3 is 10.6 Å². The third kappa shape index (κ3) is 4.23. The van der Waals surface area contributed by atoms with Crippen molar-refractivity contribution in [1.29, 1.82) is 0 Å². The van der Waals surface area contributed by atoms with Crippen molar-refractivity contribution in [2.75, 3.05) is 5.32 Å². The van der Waals surface area contributed by atoms with Gasteiger partial charge in [0, 0.05) is 23.0 Å². The minimum Gasteiger partial charge on any atom is -0.343 e. The fraction of sp³-hybridized carbons (Fsp3) is 0.111. The summed E-state index contributed by atoms with van der Waals surface area (Å²) in [6, 6.07) is 27.6. The van der Waals surface area contributed by atoms with Crippen molar-refractivity contribution in [2.24, 2.45) is 0 Å². The highest BCUT2D eigenvalue weighted by atomic mass is 19.1. The van der Waals surface area contributed by atoms with Crippen LogP contribution in [0.2, 0.25) is 0 Å². The molecule has 3 aromatic carbocycles. The molecule has 0 atom stereocenters. The van der Waals surface area contributed by atoms with E-state index < -0.39 is 0 Å². The van der Waals surface area contributed by atoms with Gasteiger partial charge in [-0.2, -0.15) is 0 Å². The van der Waals surface area contributed by atoms with Gasteiger partial charge in [-0.15, -0.1) is 0 Å². The fourth-order valence-electron chi connectivity index (χ4n) is 3.85. The van der Waals surface area contributed by atoms with Crippen LogP contribution in [0, 0.1) is 5.82 Å². The molecule has 1 heterocycles. The summed E-state index contributed by atoms with van der Waals surface area (Å²) in [5.41, 5.74) is 3.86. The Morgan fingerprint density at radius 1 is 0.844 bits per heavy atom. The molecule has 2 N–H and O–H groups in total. The monoisotopic (exact) mass is 423 g/mol. The SMILES string of the molecule is O=C(NC1(c2ccccc2)CC1)c1cccc(Nc2ccc(-c3cccc(F)c3)cn2)c1. The van der Waals surface area contributed by atoms with E-state index >= 15 is 0 Å². The van der Waals surface area contributed by atoms with E-state index in [9.17, 15) is 9.18 Å². The second-order valence-corrected chi connectivity index (χ2v) is 8.05. The van der Waals surface area contributed by atoms with E-state index in [2.05, 4.69) is 27.8 Å². The average Bonchev–Trinajstić information content (AvgIpc) is 3.61. The lowest BCUT2D eigenvalue weighted by atomic mass is 10.0. The van der Waals surface area contributed by atoms with Crippen molar-refractivity contribution in [3.63, 3.8) is 0 Å². The van der Waals surface area contributed by atoms with Gasteiger partial charge in [-0.1, -0.05) is 48.5 Å². The molecule has 1 aromatic heterocycles. The topological polar surface area (TPSA) is 54.0 Å². The smallest absolute Gasteiger partial charge is 0.252 e. The first-order chi connectivity index (χ1) is 15.6. The number of rotatable bonds is 6. The molecule has 1 amide bonds. The molecule has 1 fully saturated rings. The third-order valence-corrected chi connectivity index (χ3v) is 5.75. The van der Waals surface area contributed by atoms with Gasteiger partial charge in [0.2, 0.25) is 0 Å². The third-order valence-electron chi connectivity index (χ3n) is 5.75. The molecule has 158 valence electrons. The highest BCUT2D eigenvalue weighted by molar-refractivity contribution is 5.96. The number of benzene rings is 3. The minimum atomic E-state index is -0.278.